The van der Waals surface area contributed by atoms with E-state index in [1.165, 1.54) is 0 Å². The highest BCUT2D eigenvalue weighted by molar-refractivity contribution is 6.32. The van der Waals surface area contributed by atoms with Crippen LogP contribution in [0.1, 0.15) is 11.3 Å². The van der Waals surface area contributed by atoms with Crippen LogP contribution in [0.25, 0.3) is 0 Å². The summed E-state index contributed by atoms with van der Waals surface area (Å²) >= 11 is 6.04. The normalized spacial score (nSPS) is 10.3. The summed E-state index contributed by atoms with van der Waals surface area (Å²) in [6, 6.07) is 5.54. The largest absolute Gasteiger partial charge is 0.436 e. The summed E-state index contributed by atoms with van der Waals surface area (Å²) in [6.07, 6.45) is 3.13. The molecule has 0 saturated heterocycles. The third-order valence-corrected chi connectivity index (χ3v) is 2.53. The van der Waals surface area contributed by atoms with Crippen molar-refractivity contribution in [1.82, 2.24) is 9.97 Å². The highest BCUT2D eigenvalue weighted by Gasteiger charge is 2.08. The van der Waals surface area contributed by atoms with Gasteiger partial charge in [-0.05, 0) is 24.6 Å². The van der Waals surface area contributed by atoms with Crippen molar-refractivity contribution in [3.8, 4) is 11.6 Å². The van der Waals surface area contributed by atoms with Crippen LogP contribution in [0.4, 0.5) is 0 Å². The van der Waals surface area contributed by atoms with E-state index in [0.29, 0.717) is 22.3 Å². The SMILES string of the molecule is Cc1ccc(Cl)c(Oc2nccnc2CN)c1. The minimum Gasteiger partial charge on any atom is -0.436 e. The van der Waals surface area contributed by atoms with Crippen molar-refractivity contribution >= 4 is 11.6 Å². The molecule has 0 aliphatic heterocycles. The fraction of sp³-hybridized carbons (Fsp3) is 0.167. The molecule has 0 radical (unpaired) electrons. The Morgan fingerprint density at radius 2 is 2.06 bits per heavy atom. The fourth-order valence-electron chi connectivity index (χ4n) is 1.37. The van der Waals surface area contributed by atoms with Gasteiger partial charge in [-0.2, -0.15) is 0 Å². The number of rotatable bonds is 3. The van der Waals surface area contributed by atoms with E-state index in [1.54, 1.807) is 18.5 Å². The fourth-order valence-corrected chi connectivity index (χ4v) is 1.53. The zero-order valence-corrected chi connectivity index (χ0v) is 10.1. The minimum atomic E-state index is 0.270. The number of ether oxygens (including phenoxy) is 1. The maximum atomic E-state index is 6.04. The number of nitrogens with zero attached hydrogens (tertiary/aromatic N) is 2. The first-order valence-electron chi connectivity index (χ1n) is 5.14. The van der Waals surface area contributed by atoms with E-state index >= 15 is 0 Å². The van der Waals surface area contributed by atoms with Crippen molar-refractivity contribution in [2.24, 2.45) is 5.73 Å². The summed E-state index contributed by atoms with van der Waals surface area (Å²) in [5.41, 5.74) is 7.22. The molecule has 0 aliphatic rings. The van der Waals surface area contributed by atoms with Gasteiger partial charge in [0, 0.05) is 18.9 Å². The Balaban J connectivity index is 2.34. The lowest BCUT2D eigenvalue weighted by atomic mass is 10.2. The number of hydrogen-bond acceptors (Lipinski definition) is 4. The lowest BCUT2D eigenvalue weighted by molar-refractivity contribution is 0.452. The van der Waals surface area contributed by atoms with Crippen molar-refractivity contribution in [3.63, 3.8) is 0 Å². The number of nitrogens with two attached hydrogens (primary N) is 1. The summed E-state index contributed by atoms with van der Waals surface area (Å²) in [5.74, 6) is 0.948. The van der Waals surface area contributed by atoms with Crippen molar-refractivity contribution in [2.75, 3.05) is 0 Å². The topological polar surface area (TPSA) is 61.0 Å². The van der Waals surface area contributed by atoms with Crippen LogP contribution >= 0.6 is 11.6 Å². The molecule has 17 heavy (non-hydrogen) atoms. The van der Waals surface area contributed by atoms with Gasteiger partial charge in [-0.3, -0.25) is 4.98 Å². The van der Waals surface area contributed by atoms with Gasteiger partial charge < -0.3 is 10.5 Å². The lowest BCUT2D eigenvalue weighted by Gasteiger charge is -2.09. The van der Waals surface area contributed by atoms with Gasteiger partial charge in [0.15, 0.2) is 0 Å². The smallest absolute Gasteiger partial charge is 0.242 e. The number of hydrogen-bond donors (Lipinski definition) is 1. The highest BCUT2D eigenvalue weighted by Crippen LogP contribution is 2.30. The van der Waals surface area contributed by atoms with Gasteiger partial charge in [-0.25, -0.2) is 4.98 Å². The van der Waals surface area contributed by atoms with E-state index in [0.717, 1.165) is 5.56 Å². The first-order chi connectivity index (χ1) is 8.20. The lowest BCUT2D eigenvalue weighted by Crippen LogP contribution is -2.03. The molecule has 0 spiro atoms. The summed E-state index contributed by atoms with van der Waals surface area (Å²) in [6.45, 7) is 2.23. The summed E-state index contributed by atoms with van der Waals surface area (Å²) in [7, 11) is 0. The molecule has 0 bridgehead atoms. The molecular weight excluding hydrogens is 238 g/mol. The predicted octanol–water partition coefficient (Wildman–Crippen LogP) is 2.69. The van der Waals surface area contributed by atoms with E-state index in [9.17, 15) is 0 Å². The summed E-state index contributed by atoms with van der Waals surface area (Å²) in [4.78, 5) is 8.18. The van der Waals surface area contributed by atoms with Crippen LogP contribution in [0.15, 0.2) is 30.6 Å². The van der Waals surface area contributed by atoms with E-state index in [4.69, 9.17) is 22.1 Å². The Bertz CT molecular complexity index is 531. The molecule has 1 aromatic carbocycles. The zero-order chi connectivity index (χ0) is 12.3. The molecule has 4 nitrogen and oxygen atoms in total. The first-order valence-corrected chi connectivity index (χ1v) is 5.52. The molecule has 1 heterocycles. The Morgan fingerprint density at radius 1 is 1.29 bits per heavy atom. The summed E-state index contributed by atoms with van der Waals surface area (Å²) in [5, 5.41) is 0.532. The maximum absolute atomic E-state index is 6.04. The van der Waals surface area contributed by atoms with Crippen LogP contribution in [0.5, 0.6) is 11.6 Å². The molecule has 0 atom stereocenters. The van der Waals surface area contributed by atoms with Gasteiger partial charge in [0.1, 0.15) is 11.4 Å². The Kier molecular flexibility index (Phi) is 3.56. The number of benzene rings is 1. The van der Waals surface area contributed by atoms with Crippen LogP contribution in [0.3, 0.4) is 0 Å². The molecule has 2 N–H and O–H groups in total. The highest BCUT2D eigenvalue weighted by atomic mass is 35.5. The molecule has 0 aliphatic carbocycles. The van der Waals surface area contributed by atoms with Crippen LogP contribution < -0.4 is 10.5 Å². The van der Waals surface area contributed by atoms with Crippen molar-refractivity contribution in [1.29, 1.82) is 0 Å². The molecule has 2 rings (SSSR count). The molecule has 0 saturated carbocycles. The quantitative estimate of drug-likeness (QED) is 0.909. The van der Waals surface area contributed by atoms with Gasteiger partial charge in [0.25, 0.3) is 0 Å². The second-order valence-electron chi connectivity index (χ2n) is 3.55. The second-order valence-corrected chi connectivity index (χ2v) is 3.96. The van der Waals surface area contributed by atoms with Crippen LogP contribution in [-0.4, -0.2) is 9.97 Å². The van der Waals surface area contributed by atoms with Gasteiger partial charge in [0.05, 0.1) is 5.02 Å². The number of halogens is 1. The van der Waals surface area contributed by atoms with Crippen molar-refractivity contribution < 1.29 is 4.74 Å². The first kappa shape index (κ1) is 11.8. The number of aryl methyl sites for hydroxylation is 1. The van der Waals surface area contributed by atoms with Crippen LogP contribution in [0.2, 0.25) is 5.02 Å². The average molecular weight is 250 g/mol. The standard InChI is InChI=1S/C12H12ClN3O/c1-8-2-3-9(13)11(6-8)17-12-10(7-14)15-4-5-16-12/h2-6H,7,14H2,1H3. The van der Waals surface area contributed by atoms with Crippen molar-refractivity contribution in [2.45, 2.75) is 13.5 Å². The van der Waals surface area contributed by atoms with E-state index in [1.807, 2.05) is 19.1 Å². The average Bonchev–Trinajstić information content (AvgIpc) is 2.34. The maximum Gasteiger partial charge on any atom is 0.242 e. The van der Waals surface area contributed by atoms with Gasteiger partial charge >= 0.3 is 0 Å². The monoisotopic (exact) mass is 249 g/mol. The van der Waals surface area contributed by atoms with Gasteiger partial charge in [0.2, 0.25) is 5.88 Å². The molecule has 88 valence electrons. The number of aromatic nitrogens is 2. The Morgan fingerprint density at radius 3 is 2.82 bits per heavy atom. The Labute approximate surface area is 104 Å². The second kappa shape index (κ2) is 5.12. The Hall–Kier alpha value is -1.65. The van der Waals surface area contributed by atoms with E-state index in [-0.39, 0.29) is 6.54 Å². The van der Waals surface area contributed by atoms with Crippen LogP contribution in [0, 0.1) is 6.92 Å². The molecule has 5 heteroatoms. The van der Waals surface area contributed by atoms with Crippen LogP contribution in [-0.2, 0) is 6.54 Å². The molecule has 1 aromatic heterocycles. The van der Waals surface area contributed by atoms with Gasteiger partial charge in [-0.15, -0.1) is 0 Å². The molecule has 0 amide bonds. The van der Waals surface area contributed by atoms with Gasteiger partial charge in [-0.1, -0.05) is 17.7 Å². The van der Waals surface area contributed by atoms with E-state index < -0.39 is 0 Å². The molecule has 2 aromatic rings. The summed E-state index contributed by atoms with van der Waals surface area (Å²) < 4.78 is 5.63. The molecule has 0 fully saturated rings. The molecule has 0 unspecified atom stereocenters. The third-order valence-electron chi connectivity index (χ3n) is 2.22. The zero-order valence-electron chi connectivity index (χ0n) is 9.35. The van der Waals surface area contributed by atoms with E-state index in [2.05, 4.69) is 9.97 Å². The minimum absolute atomic E-state index is 0.270. The molecular formula is C12H12ClN3O. The third kappa shape index (κ3) is 2.72. The van der Waals surface area contributed by atoms with Crippen molar-refractivity contribution in [3.05, 3.63) is 46.9 Å². The predicted molar refractivity (Wildman–Crippen MR) is 66.2 cm³/mol.